The number of likely N-dealkylation sites (N-methyl/N-ethyl adjacent to an activating group) is 2. The number of halogens is 1. The zero-order valence-corrected chi connectivity index (χ0v) is 15.0. The molecular weight excluding hydrogens is 318 g/mol. The topological polar surface area (TPSA) is 59.2 Å². The smallest absolute Gasteiger partial charge is 0.270 e. The maximum absolute atomic E-state index is 12.6. The van der Waals surface area contributed by atoms with Gasteiger partial charge in [0.05, 0.1) is 19.6 Å². The number of amides is 3. The first-order valence-corrected chi connectivity index (χ1v) is 8.05. The minimum Gasteiger partial charge on any atom is -0.270 e. The summed E-state index contributed by atoms with van der Waals surface area (Å²) in [5.74, 6) is 0.905. The largest absolute Gasteiger partial charge is 0.392 e. The molecule has 0 aromatic carbocycles. The van der Waals surface area contributed by atoms with Gasteiger partial charge < -0.3 is 0 Å². The summed E-state index contributed by atoms with van der Waals surface area (Å²) < 4.78 is 2.06. The number of nitrogens with zero attached hydrogens (tertiary/aromatic N) is 5. The lowest BCUT2D eigenvalue weighted by Gasteiger charge is -2.32. The highest BCUT2D eigenvalue weighted by Gasteiger charge is 2.54. The van der Waals surface area contributed by atoms with Gasteiger partial charge >= 0.3 is 12.0 Å². The van der Waals surface area contributed by atoms with Crippen LogP contribution in [0.25, 0.3) is 0 Å². The number of hydrogen-bond donors (Lipinski definition) is 0. The lowest BCUT2D eigenvalue weighted by atomic mass is 10.1. The number of amidine groups is 1. The van der Waals surface area contributed by atoms with E-state index in [1.165, 1.54) is 11.9 Å². The summed E-state index contributed by atoms with van der Waals surface area (Å²) >= 11 is 5.96. The summed E-state index contributed by atoms with van der Waals surface area (Å²) in [6, 6.07) is -0.958. The van der Waals surface area contributed by atoms with Gasteiger partial charge in [0.15, 0.2) is 0 Å². The van der Waals surface area contributed by atoms with E-state index in [4.69, 9.17) is 11.6 Å². The molecule has 2 aliphatic heterocycles. The molecule has 0 radical (unpaired) electrons. The average molecular weight is 341 g/mol. The van der Waals surface area contributed by atoms with Crippen molar-refractivity contribution >= 4 is 35.3 Å². The highest BCUT2D eigenvalue weighted by Crippen LogP contribution is 2.23. The maximum atomic E-state index is 12.6. The zero-order chi connectivity index (χ0) is 17.3. The van der Waals surface area contributed by atoms with Crippen LogP contribution < -0.4 is 0 Å². The molecule has 1 fully saturated rings. The number of allylic oxidation sites excluding steroid dienone is 1. The molecule has 23 heavy (non-hydrogen) atoms. The third-order valence-corrected chi connectivity index (χ3v) is 4.28. The molecule has 2 aliphatic rings. The third-order valence-electron chi connectivity index (χ3n) is 4.13. The fourth-order valence-corrected chi connectivity index (χ4v) is 2.82. The normalized spacial score (nSPS) is 21.9. The van der Waals surface area contributed by atoms with E-state index in [1.807, 2.05) is 24.8 Å². The van der Waals surface area contributed by atoms with Gasteiger partial charge in [0.2, 0.25) is 11.9 Å². The molecule has 0 aromatic heterocycles. The van der Waals surface area contributed by atoms with E-state index < -0.39 is 6.04 Å². The molecule has 3 amide bonds. The predicted octanol–water partition coefficient (Wildman–Crippen LogP) is 1.14. The Kier molecular flexibility index (Phi) is 5.09. The first kappa shape index (κ1) is 17.5. The monoisotopic (exact) mass is 340 g/mol. The van der Waals surface area contributed by atoms with Crippen LogP contribution >= 0.6 is 11.6 Å². The fraction of sp³-hybridized carbons (Fsp3) is 0.600. The molecule has 0 N–H and O–H groups in total. The molecule has 1 unspecified atom stereocenters. The van der Waals surface area contributed by atoms with Gasteiger partial charge in [-0.1, -0.05) is 16.6 Å². The van der Waals surface area contributed by atoms with E-state index in [-0.39, 0.29) is 11.9 Å². The molecule has 2 rings (SSSR count). The Bertz CT molecular complexity index is 615. The van der Waals surface area contributed by atoms with E-state index in [0.717, 1.165) is 18.0 Å². The molecule has 1 atom stereocenters. The molecule has 8 heteroatoms. The molecular formula is C15H23ClN5O2+. The second kappa shape index (κ2) is 6.70. The van der Waals surface area contributed by atoms with E-state index >= 15 is 0 Å². The molecule has 7 nitrogen and oxygen atoms in total. The first-order valence-electron chi connectivity index (χ1n) is 7.68. The highest BCUT2D eigenvalue weighted by molar-refractivity contribution is 6.29. The van der Waals surface area contributed by atoms with Crippen molar-refractivity contribution in [2.24, 2.45) is 4.99 Å². The number of imide groups is 1. The molecule has 0 bridgehead atoms. The van der Waals surface area contributed by atoms with Crippen LogP contribution in [0, 0.1) is 0 Å². The fourth-order valence-electron chi connectivity index (χ4n) is 2.76. The molecule has 1 saturated heterocycles. The molecule has 2 heterocycles. The van der Waals surface area contributed by atoms with Crippen molar-refractivity contribution in [3.63, 3.8) is 0 Å². The number of urea groups is 1. The van der Waals surface area contributed by atoms with Crippen molar-refractivity contribution in [2.75, 3.05) is 33.7 Å². The van der Waals surface area contributed by atoms with E-state index in [9.17, 15) is 9.59 Å². The maximum Gasteiger partial charge on any atom is 0.392 e. The molecule has 0 aromatic rings. The third kappa shape index (κ3) is 2.97. The van der Waals surface area contributed by atoms with Gasteiger partial charge in [-0.3, -0.25) is 19.2 Å². The van der Waals surface area contributed by atoms with Gasteiger partial charge in [-0.15, -0.1) is 0 Å². The Balaban J connectivity index is 2.54. The van der Waals surface area contributed by atoms with Crippen LogP contribution in [0.4, 0.5) is 4.79 Å². The summed E-state index contributed by atoms with van der Waals surface area (Å²) in [4.78, 5) is 33.8. The van der Waals surface area contributed by atoms with Gasteiger partial charge in [-0.05, 0) is 26.8 Å². The van der Waals surface area contributed by atoms with Gasteiger partial charge in [-0.25, -0.2) is 9.69 Å². The Morgan fingerprint density at radius 1 is 1.26 bits per heavy atom. The summed E-state index contributed by atoms with van der Waals surface area (Å²) in [5, 5.41) is 0.651. The van der Waals surface area contributed by atoms with Crippen molar-refractivity contribution < 1.29 is 14.2 Å². The standard InChI is InChI=1S/C15H23ClN5O2/c1-6-20(7-2)14-17-12-11(21(14)9-8-10(3)16)13(22)19(5)15(23)18(12)4/h8,11H,6-7,9H2,1-5H3/q+1/b10-8-. The van der Waals surface area contributed by atoms with Crippen molar-refractivity contribution in [1.29, 1.82) is 0 Å². The summed E-state index contributed by atoms with van der Waals surface area (Å²) in [6.07, 6.45) is 1.84. The summed E-state index contributed by atoms with van der Waals surface area (Å²) in [5.41, 5.74) is 0. The Labute approximate surface area is 141 Å². The molecule has 0 saturated carbocycles. The Hall–Kier alpha value is -1.89. The van der Waals surface area contributed by atoms with Gasteiger partial charge in [0, 0.05) is 19.1 Å². The van der Waals surface area contributed by atoms with E-state index in [1.54, 1.807) is 14.0 Å². The SMILES string of the molecule is CC[N+](CC)=C1N=C2C(C(=O)N(C)C(=O)N2C)N1C/C=C(/C)Cl. The van der Waals surface area contributed by atoms with E-state index in [2.05, 4.69) is 9.57 Å². The lowest BCUT2D eigenvalue weighted by molar-refractivity contribution is -0.526. The summed E-state index contributed by atoms with van der Waals surface area (Å²) in [7, 11) is 3.14. The Morgan fingerprint density at radius 2 is 1.87 bits per heavy atom. The number of carbonyl (C=O) groups excluding carboxylic acids is 2. The number of fused-ring (bicyclic) bond motifs is 1. The number of hydrogen-bond acceptors (Lipinski definition) is 2. The first-order chi connectivity index (χ1) is 10.8. The minimum absolute atomic E-state index is 0.269. The number of aliphatic imine (C=N–C) groups is 1. The van der Waals surface area contributed by atoms with Crippen molar-refractivity contribution in [3.05, 3.63) is 11.1 Å². The van der Waals surface area contributed by atoms with Crippen LogP contribution in [0.2, 0.25) is 0 Å². The second-order valence-electron chi connectivity index (χ2n) is 5.53. The summed E-state index contributed by atoms with van der Waals surface area (Å²) in [6.45, 7) is 7.83. The zero-order valence-electron chi connectivity index (χ0n) is 14.2. The molecule has 0 aliphatic carbocycles. The van der Waals surface area contributed by atoms with Gasteiger partial charge in [0.1, 0.15) is 0 Å². The van der Waals surface area contributed by atoms with E-state index in [0.29, 0.717) is 23.4 Å². The number of rotatable bonds is 4. The number of carbonyl (C=O) groups is 2. The van der Waals surface area contributed by atoms with Gasteiger partial charge in [0.25, 0.3) is 5.91 Å². The predicted molar refractivity (Wildman–Crippen MR) is 89.8 cm³/mol. The van der Waals surface area contributed by atoms with Crippen LogP contribution in [0.5, 0.6) is 0 Å². The molecule has 126 valence electrons. The highest BCUT2D eigenvalue weighted by atomic mass is 35.5. The molecule has 0 spiro atoms. The second-order valence-corrected chi connectivity index (χ2v) is 6.12. The Morgan fingerprint density at radius 3 is 2.39 bits per heavy atom. The van der Waals surface area contributed by atoms with Crippen LogP contribution in [0.15, 0.2) is 16.1 Å². The lowest BCUT2D eigenvalue weighted by Crippen LogP contribution is -2.62. The van der Waals surface area contributed by atoms with Crippen LogP contribution in [0.3, 0.4) is 0 Å². The number of guanidine groups is 1. The van der Waals surface area contributed by atoms with Gasteiger partial charge in [-0.2, -0.15) is 0 Å². The quantitative estimate of drug-likeness (QED) is 0.721. The van der Waals surface area contributed by atoms with Crippen LogP contribution in [-0.2, 0) is 4.79 Å². The van der Waals surface area contributed by atoms with Crippen molar-refractivity contribution in [3.8, 4) is 0 Å². The van der Waals surface area contributed by atoms with Crippen LogP contribution in [-0.4, -0.2) is 82.8 Å². The van der Waals surface area contributed by atoms with Crippen molar-refractivity contribution in [1.82, 2.24) is 14.7 Å². The van der Waals surface area contributed by atoms with Crippen molar-refractivity contribution in [2.45, 2.75) is 26.8 Å². The minimum atomic E-state index is -0.592. The van der Waals surface area contributed by atoms with Crippen LogP contribution in [0.1, 0.15) is 20.8 Å². The average Bonchev–Trinajstić information content (AvgIpc) is 2.89.